The zero-order valence-corrected chi connectivity index (χ0v) is 16.4. The molecule has 6 nitrogen and oxygen atoms in total. The summed E-state index contributed by atoms with van der Waals surface area (Å²) in [7, 11) is 2.14. The first kappa shape index (κ1) is 20.4. The second-order valence-corrected chi connectivity index (χ2v) is 7.62. The number of nitrogens with zero attached hydrogens (tertiary/aromatic N) is 2. The Bertz CT molecular complexity index is 610. The number of nitrogens with one attached hydrogen (secondary N) is 2. The van der Waals surface area contributed by atoms with Gasteiger partial charge in [0.25, 0.3) is 0 Å². The number of likely N-dealkylation sites (N-methyl/N-ethyl adjacent to an activating group) is 1. The molecule has 0 spiro atoms. The normalized spacial score (nSPS) is 17.1. The number of carbonyl (C=O) groups is 2. The van der Waals surface area contributed by atoms with Gasteiger partial charge in [-0.05, 0) is 30.5 Å². The highest BCUT2D eigenvalue weighted by Gasteiger charge is 2.19. The fraction of sp³-hybridized carbons (Fsp3) is 0.600. The fourth-order valence-corrected chi connectivity index (χ4v) is 3.18. The second-order valence-electron chi connectivity index (χ2n) is 7.62. The van der Waals surface area contributed by atoms with E-state index in [4.69, 9.17) is 0 Å². The molecule has 144 valence electrons. The van der Waals surface area contributed by atoms with Gasteiger partial charge in [0.2, 0.25) is 0 Å². The summed E-state index contributed by atoms with van der Waals surface area (Å²) in [4.78, 5) is 29.0. The molecule has 1 aromatic rings. The quantitative estimate of drug-likeness (QED) is 0.759. The van der Waals surface area contributed by atoms with Gasteiger partial charge in [0, 0.05) is 45.0 Å². The molecule has 2 N–H and O–H groups in total. The minimum absolute atomic E-state index is 0.276. The van der Waals surface area contributed by atoms with Crippen molar-refractivity contribution >= 4 is 17.5 Å². The predicted molar refractivity (Wildman–Crippen MR) is 105 cm³/mol. The fourth-order valence-electron chi connectivity index (χ4n) is 3.18. The molecular weight excluding hydrogens is 328 g/mol. The van der Waals surface area contributed by atoms with Crippen LogP contribution in [0.2, 0.25) is 0 Å². The number of hydrogen-bond donors (Lipinski definition) is 2. The van der Waals surface area contributed by atoms with Gasteiger partial charge in [0.1, 0.15) is 0 Å². The number of benzene rings is 1. The minimum atomic E-state index is -0.607. The Hall–Kier alpha value is -1.92. The summed E-state index contributed by atoms with van der Waals surface area (Å²) in [5, 5.41) is 5.50. The van der Waals surface area contributed by atoms with Crippen LogP contribution in [0.4, 0.5) is 5.69 Å². The van der Waals surface area contributed by atoms with Gasteiger partial charge in [-0.1, -0.05) is 39.0 Å². The van der Waals surface area contributed by atoms with Crippen LogP contribution in [0, 0.1) is 5.92 Å². The van der Waals surface area contributed by atoms with Crippen LogP contribution in [0.25, 0.3) is 0 Å². The SMILES string of the molecule is CC(CNC(=O)C(=O)Nc1ccccc1C(C)C)CN1CCN(C)CC1. The Labute approximate surface area is 156 Å². The van der Waals surface area contributed by atoms with Gasteiger partial charge in [-0.2, -0.15) is 0 Å². The second kappa shape index (κ2) is 9.69. The van der Waals surface area contributed by atoms with Crippen LogP contribution in [0.5, 0.6) is 0 Å². The van der Waals surface area contributed by atoms with Crippen LogP contribution in [-0.2, 0) is 9.59 Å². The molecule has 0 aliphatic carbocycles. The van der Waals surface area contributed by atoms with E-state index in [-0.39, 0.29) is 5.92 Å². The average molecular weight is 361 g/mol. The van der Waals surface area contributed by atoms with Crippen LogP contribution in [0.15, 0.2) is 24.3 Å². The zero-order chi connectivity index (χ0) is 19.1. The highest BCUT2D eigenvalue weighted by atomic mass is 16.2. The number of rotatable bonds is 6. The van der Waals surface area contributed by atoms with E-state index in [2.05, 4.69) is 48.3 Å². The first-order valence-electron chi connectivity index (χ1n) is 9.45. The van der Waals surface area contributed by atoms with Crippen LogP contribution in [-0.4, -0.2) is 67.9 Å². The Balaban J connectivity index is 1.77. The van der Waals surface area contributed by atoms with Gasteiger partial charge in [-0.15, -0.1) is 0 Å². The van der Waals surface area contributed by atoms with E-state index < -0.39 is 11.8 Å². The van der Waals surface area contributed by atoms with Gasteiger partial charge < -0.3 is 20.4 Å². The minimum Gasteiger partial charge on any atom is -0.348 e. The number of amides is 2. The lowest BCUT2D eigenvalue weighted by Crippen LogP contribution is -2.47. The van der Waals surface area contributed by atoms with Crippen molar-refractivity contribution in [1.29, 1.82) is 0 Å². The molecule has 0 saturated carbocycles. The topological polar surface area (TPSA) is 64.7 Å². The zero-order valence-electron chi connectivity index (χ0n) is 16.4. The third-order valence-electron chi connectivity index (χ3n) is 4.81. The molecule has 1 aromatic carbocycles. The third-order valence-corrected chi connectivity index (χ3v) is 4.81. The number of hydrogen-bond acceptors (Lipinski definition) is 4. The van der Waals surface area contributed by atoms with Crippen LogP contribution in [0.3, 0.4) is 0 Å². The molecular formula is C20H32N4O2. The van der Waals surface area contributed by atoms with Crippen molar-refractivity contribution in [2.45, 2.75) is 26.7 Å². The molecule has 6 heteroatoms. The number of piperazine rings is 1. The highest BCUT2D eigenvalue weighted by molar-refractivity contribution is 6.39. The van der Waals surface area contributed by atoms with Crippen molar-refractivity contribution < 1.29 is 9.59 Å². The van der Waals surface area contributed by atoms with Gasteiger partial charge in [-0.25, -0.2) is 0 Å². The van der Waals surface area contributed by atoms with E-state index in [0.717, 1.165) is 38.3 Å². The maximum Gasteiger partial charge on any atom is 0.313 e. The van der Waals surface area contributed by atoms with Crippen molar-refractivity contribution in [3.05, 3.63) is 29.8 Å². The summed E-state index contributed by atoms with van der Waals surface area (Å²) >= 11 is 0. The molecule has 1 heterocycles. The van der Waals surface area contributed by atoms with Gasteiger partial charge in [0.15, 0.2) is 0 Å². The lowest BCUT2D eigenvalue weighted by molar-refractivity contribution is -0.136. The summed E-state index contributed by atoms with van der Waals surface area (Å²) in [6.07, 6.45) is 0. The molecule has 0 bridgehead atoms. The van der Waals surface area contributed by atoms with Crippen molar-refractivity contribution in [3.8, 4) is 0 Å². The van der Waals surface area contributed by atoms with Crippen molar-refractivity contribution in [2.24, 2.45) is 5.92 Å². The van der Waals surface area contributed by atoms with Crippen LogP contribution < -0.4 is 10.6 Å². The smallest absolute Gasteiger partial charge is 0.313 e. The molecule has 0 radical (unpaired) electrons. The van der Waals surface area contributed by atoms with E-state index >= 15 is 0 Å². The molecule has 1 aliphatic rings. The molecule has 1 aliphatic heterocycles. The van der Waals surface area contributed by atoms with E-state index in [9.17, 15) is 9.59 Å². The van der Waals surface area contributed by atoms with Crippen LogP contribution >= 0.6 is 0 Å². The van der Waals surface area contributed by atoms with E-state index in [0.29, 0.717) is 18.2 Å². The summed E-state index contributed by atoms with van der Waals surface area (Å²) in [5.41, 5.74) is 1.73. The number of para-hydroxylation sites is 1. The predicted octanol–water partition coefficient (Wildman–Crippen LogP) is 1.75. The molecule has 1 fully saturated rings. The van der Waals surface area contributed by atoms with Gasteiger partial charge in [-0.3, -0.25) is 9.59 Å². The Morgan fingerprint density at radius 1 is 1.04 bits per heavy atom. The maximum absolute atomic E-state index is 12.2. The third kappa shape index (κ3) is 6.11. The molecule has 26 heavy (non-hydrogen) atoms. The molecule has 0 aromatic heterocycles. The van der Waals surface area contributed by atoms with E-state index in [1.165, 1.54) is 0 Å². The van der Waals surface area contributed by atoms with Crippen molar-refractivity contribution in [1.82, 2.24) is 15.1 Å². The largest absolute Gasteiger partial charge is 0.348 e. The summed E-state index contributed by atoms with van der Waals surface area (Å²) in [5.74, 6) is -0.602. The molecule has 1 saturated heterocycles. The molecule has 1 atom stereocenters. The summed E-state index contributed by atoms with van der Waals surface area (Å²) < 4.78 is 0. The molecule has 2 rings (SSSR count). The van der Waals surface area contributed by atoms with Gasteiger partial charge >= 0.3 is 11.8 Å². The molecule has 2 amide bonds. The number of anilines is 1. The average Bonchev–Trinajstić information content (AvgIpc) is 2.61. The first-order valence-corrected chi connectivity index (χ1v) is 9.45. The van der Waals surface area contributed by atoms with Gasteiger partial charge in [0.05, 0.1) is 0 Å². The monoisotopic (exact) mass is 360 g/mol. The van der Waals surface area contributed by atoms with Crippen LogP contribution in [0.1, 0.15) is 32.3 Å². The van der Waals surface area contributed by atoms with E-state index in [1.54, 1.807) is 0 Å². The Morgan fingerprint density at radius 2 is 1.69 bits per heavy atom. The lowest BCUT2D eigenvalue weighted by Gasteiger charge is -2.33. The summed E-state index contributed by atoms with van der Waals surface area (Å²) in [6.45, 7) is 11.9. The highest BCUT2D eigenvalue weighted by Crippen LogP contribution is 2.23. The summed E-state index contributed by atoms with van der Waals surface area (Å²) in [6, 6.07) is 7.59. The molecule has 1 unspecified atom stereocenters. The van der Waals surface area contributed by atoms with Crippen molar-refractivity contribution in [2.75, 3.05) is 51.6 Å². The standard InChI is InChI=1S/C20H32N4O2/c1-15(2)17-7-5-6-8-18(17)22-20(26)19(25)21-13-16(3)14-24-11-9-23(4)10-12-24/h5-8,15-16H,9-14H2,1-4H3,(H,21,25)(H,22,26). The maximum atomic E-state index is 12.2. The first-order chi connectivity index (χ1) is 12.4. The Morgan fingerprint density at radius 3 is 2.35 bits per heavy atom. The Kier molecular flexibility index (Phi) is 7.60. The number of carbonyl (C=O) groups excluding carboxylic acids is 2. The van der Waals surface area contributed by atoms with Crippen molar-refractivity contribution in [3.63, 3.8) is 0 Å². The van der Waals surface area contributed by atoms with E-state index in [1.807, 2.05) is 24.3 Å². The lowest BCUT2D eigenvalue weighted by atomic mass is 10.0.